The average molecular weight is 276 g/mol. The van der Waals surface area contributed by atoms with Gasteiger partial charge in [0.25, 0.3) is 0 Å². The summed E-state index contributed by atoms with van der Waals surface area (Å²) in [4.78, 5) is 11.8. The molecule has 1 aromatic rings. The fraction of sp³-hybridized carbons (Fsp3) is 0.750. The topological polar surface area (TPSA) is 55.0 Å². The maximum atomic E-state index is 6.02. The van der Waals surface area contributed by atoms with E-state index in [4.69, 9.17) is 10.7 Å². The number of hydrogen-bond donors (Lipinski definition) is 1. The molecular weight excluding hydrogens is 248 g/mol. The minimum Gasteiger partial charge on any atom is -0.338 e. The molecule has 1 aliphatic carbocycles. The molecule has 1 aliphatic rings. The van der Waals surface area contributed by atoms with Crippen molar-refractivity contribution >= 4 is 5.95 Å². The zero-order valence-electron chi connectivity index (χ0n) is 13.3. The van der Waals surface area contributed by atoms with Crippen LogP contribution in [0.25, 0.3) is 0 Å². The van der Waals surface area contributed by atoms with E-state index in [9.17, 15) is 0 Å². The van der Waals surface area contributed by atoms with E-state index in [2.05, 4.69) is 43.6 Å². The van der Waals surface area contributed by atoms with E-state index in [1.807, 2.05) is 0 Å². The molecule has 0 amide bonds. The van der Waals surface area contributed by atoms with Crippen molar-refractivity contribution in [3.8, 4) is 0 Å². The average Bonchev–Trinajstić information content (AvgIpc) is 2.41. The van der Waals surface area contributed by atoms with Crippen LogP contribution in [0, 0.1) is 6.92 Å². The molecule has 0 bridgehead atoms. The summed E-state index contributed by atoms with van der Waals surface area (Å²) in [5.74, 6) is 1.34. The van der Waals surface area contributed by atoms with Crippen molar-refractivity contribution in [2.24, 2.45) is 5.73 Å². The lowest BCUT2D eigenvalue weighted by Gasteiger charge is -2.35. The van der Waals surface area contributed by atoms with Crippen LogP contribution in [0.4, 0.5) is 5.95 Å². The van der Waals surface area contributed by atoms with Gasteiger partial charge in [0.15, 0.2) is 0 Å². The summed E-state index contributed by atoms with van der Waals surface area (Å²) in [6, 6.07) is 3.02. The van der Waals surface area contributed by atoms with Gasteiger partial charge in [0.05, 0.1) is 0 Å². The Balaban J connectivity index is 2.22. The zero-order chi connectivity index (χ0) is 14.7. The monoisotopic (exact) mass is 276 g/mol. The SMILES string of the molecule is CCN(c1nc(C)cc(C(C)C)n1)C1CCC(N)CC1. The molecule has 4 nitrogen and oxygen atoms in total. The molecule has 0 atom stereocenters. The van der Waals surface area contributed by atoms with Crippen molar-refractivity contribution in [2.75, 3.05) is 11.4 Å². The summed E-state index contributed by atoms with van der Waals surface area (Å²) in [7, 11) is 0. The van der Waals surface area contributed by atoms with Gasteiger partial charge in [-0.1, -0.05) is 13.8 Å². The first-order chi connectivity index (χ1) is 9.51. The van der Waals surface area contributed by atoms with Gasteiger partial charge >= 0.3 is 0 Å². The molecule has 0 radical (unpaired) electrons. The maximum absolute atomic E-state index is 6.02. The van der Waals surface area contributed by atoms with Crippen molar-refractivity contribution in [3.05, 3.63) is 17.5 Å². The van der Waals surface area contributed by atoms with Gasteiger partial charge in [0, 0.05) is 30.0 Å². The number of rotatable bonds is 4. The molecular formula is C16H28N4. The van der Waals surface area contributed by atoms with Gasteiger partial charge in [-0.15, -0.1) is 0 Å². The van der Waals surface area contributed by atoms with Crippen LogP contribution in [-0.2, 0) is 0 Å². The van der Waals surface area contributed by atoms with Crippen molar-refractivity contribution in [2.45, 2.75) is 71.4 Å². The van der Waals surface area contributed by atoms with E-state index in [1.54, 1.807) is 0 Å². The lowest BCUT2D eigenvalue weighted by Crippen LogP contribution is -2.42. The first kappa shape index (κ1) is 15.2. The molecule has 0 spiro atoms. The van der Waals surface area contributed by atoms with Crippen LogP contribution in [-0.4, -0.2) is 28.6 Å². The summed E-state index contributed by atoms with van der Waals surface area (Å²) < 4.78 is 0. The van der Waals surface area contributed by atoms with Gasteiger partial charge < -0.3 is 10.6 Å². The van der Waals surface area contributed by atoms with Crippen molar-refractivity contribution < 1.29 is 0 Å². The minimum atomic E-state index is 0.384. The first-order valence-electron chi connectivity index (χ1n) is 7.89. The second-order valence-corrected chi connectivity index (χ2v) is 6.24. The molecule has 2 N–H and O–H groups in total. The fourth-order valence-corrected chi connectivity index (χ4v) is 2.98. The molecule has 1 aromatic heterocycles. The lowest BCUT2D eigenvalue weighted by molar-refractivity contribution is 0.375. The van der Waals surface area contributed by atoms with Crippen LogP contribution < -0.4 is 10.6 Å². The van der Waals surface area contributed by atoms with Crippen LogP contribution in [0.1, 0.15) is 63.8 Å². The highest BCUT2D eigenvalue weighted by atomic mass is 15.3. The van der Waals surface area contributed by atoms with Crippen LogP contribution in [0.5, 0.6) is 0 Å². The molecule has 1 heterocycles. The summed E-state index contributed by atoms with van der Waals surface area (Å²) >= 11 is 0. The van der Waals surface area contributed by atoms with E-state index >= 15 is 0 Å². The van der Waals surface area contributed by atoms with Crippen molar-refractivity contribution in [3.63, 3.8) is 0 Å². The summed E-state index contributed by atoms with van der Waals surface area (Å²) in [5, 5.41) is 0. The standard InChI is InChI=1S/C16H28N4/c1-5-20(14-8-6-13(17)7-9-14)16-18-12(4)10-15(19-16)11(2)3/h10-11,13-14H,5-9,17H2,1-4H3. The van der Waals surface area contributed by atoms with Crippen molar-refractivity contribution in [1.29, 1.82) is 0 Å². The number of nitrogens with zero attached hydrogens (tertiary/aromatic N) is 3. The molecule has 1 saturated carbocycles. The zero-order valence-corrected chi connectivity index (χ0v) is 13.3. The molecule has 0 unspecified atom stereocenters. The Labute approximate surface area is 122 Å². The third kappa shape index (κ3) is 3.48. The van der Waals surface area contributed by atoms with Crippen LogP contribution in [0.15, 0.2) is 6.07 Å². The van der Waals surface area contributed by atoms with E-state index in [-0.39, 0.29) is 0 Å². The molecule has 0 aromatic carbocycles. The summed E-state index contributed by atoms with van der Waals surface area (Å²) in [6.45, 7) is 9.57. The second-order valence-electron chi connectivity index (χ2n) is 6.24. The van der Waals surface area contributed by atoms with Gasteiger partial charge in [0.2, 0.25) is 5.95 Å². The molecule has 20 heavy (non-hydrogen) atoms. The van der Waals surface area contributed by atoms with Crippen LogP contribution in [0.3, 0.4) is 0 Å². The van der Waals surface area contributed by atoms with Crippen LogP contribution in [0.2, 0.25) is 0 Å². The normalized spacial score (nSPS) is 23.1. The highest BCUT2D eigenvalue weighted by Gasteiger charge is 2.25. The highest BCUT2D eigenvalue weighted by molar-refractivity contribution is 5.34. The fourth-order valence-electron chi connectivity index (χ4n) is 2.98. The Bertz CT molecular complexity index is 436. The smallest absolute Gasteiger partial charge is 0.226 e. The maximum Gasteiger partial charge on any atom is 0.226 e. The van der Waals surface area contributed by atoms with E-state index in [1.165, 1.54) is 0 Å². The van der Waals surface area contributed by atoms with Crippen LogP contribution >= 0.6 is 0 Å². The lowest BCUT2D eigenvalue weighted by atomic mass is 9.91. The minimum absolute atomic E-state index is 0.384. The highest BCUT2D eigenvalue weighted by Crippen LogP contribution is 2.26. The number of nitrogens with two attached hydrogens (primary N) is 1. The van der Waals surface area contributed by atoms with E-state index in [0.29, 0.717) is 18.0 Å². The Kier molecular flexibility index (Phi) is 4.97. The molecule has 0 aliphatic heterocycles. The van der Waals surface area contributed by atoms with Gasteiger partial charge in [-0.2, -0.15) is 0 Å². The molecule has 4 heteroatoms. The third-order valence-corrected chi connectivity index (χ3v) is 4.23. The predicted octanol–water partition coefficient (Wildman–Crippen LogP) is 3.00. The summed E-state index contributed by atoms with van der Waals surface area (Å²) in [5.41, 5.74) is 8.21. The van der Waals surface area contributed by atoms with E-state index < -0.39 is 0 Å². The summed E-state index contributed by atoms with van der Waals surface area (Å²) in [6.07, 6.45) is 4.54. The number of anilines is 1. The number of aromatic nitrogens is 2. The quantitative estimate of drug-likeness (QED) is 0.918. The number of aryl methyl sites for hydroxylation is 1. The molecule has 112 valence electrons. The molecule has 0 saturated heterocycles. The largest absolute Gasteiger partial charge is 0.338 e. The van der Waals surface area contributed by atoms with Gasteiger partial charge in [0.1, 0.15) is 0 Å². The van der Waals surface area contributed by atoms with Gasteiger partial charge in [-0.3, -0.25) is 0 Å². The Hall–Kier alpha value is -1.16. The van der Waals surface area contributed by atoms with Gasteiger partial charge in [-0.25, -0.2) is 9.97 Å². The second kappa shape index (κ2) is 6.53. The Morgan fingerprint density at radius 2 is 1.90 bits per heavy atom. The predicted molar refractivity (Wildman–Crippen MR) is 84.1 cm³/mol. The van der Waals surface area contributed by atoms with Crippen molar-refractivity contribution in [1.82, 2.24) is 9.97 Å². The Morgan fingerprint density at radius 1 is 1.25 bits per heavy atom. The Morgan fingerprint density at radius 3 is 2.45 bits per heavy atom. The number of hydrogen-bond acceptors (Lipinski definition) is 4. The third-order valence-electron chi connectivity index (χ3n) is 4.23. The van der Waals surface area contributed by atoms with Gasteiger partial charge in [-0.05, 0) is 51.5 Å². The first-order valence-corrected chi connectivity index (χ1v) is 7.89. The van der Waals surface area contributed by atoms with E-state index in [0.717, 1.165) is 49.6 Å². The molecule has 1 fully saturated rings. The molecule has 2 rings (SSSR count).